The summed E-state index contributed by atoms with van der Waals surface area (Å²) in [5.74, 6) is 1.42. The molecule has 1 aliphatic carbocycles. The van der Waals surface area contributed by atoms with E-state index in [9.17, 15) is 4.79 Å². The molecule has 21 heavy (non-hydrogen) atoms. The average molecular weight is 285 g/mol. The zero-order valence-electron chi connectivity index (χ0n) is 12.0. The molecule has 0 unspecified atom stereocenters. The Labute approximate surface area is 121 Å². The van der Waals surface area contributed by atoms with Gasteiger partial charge < -0.3 is 4.52 Å². The van der Waals surface area contributed by atoms with Crippen molar-refractivity contribution in [2.24, 2.45) is 0 Å². The minimum atomic E-state index is -0.427. The fourth-order valence-corrected chi connectivity index (χ4v) is 2.30. The molecule has 0 spiro atoms. The van der Waals surface area contributed by atoms with E-state index in [-0.39, 0.29) is 12.1 Å². The van der Waals surface area contributed by atoms with E-state index in [0.29, 0.717) is 28.9 Å². The molecule has 108 valence electrons. The van der Waals surface area contributed by atoms with Gasteiger partial charge in [0.1, 0.15) is 18.2 Å². The highest BCUT2D eigenvalue weighted by Gasteiger charge is 2.25. The van der Waals surface area contributed by atoms with Gasteiger partial charge in [-0.25, -0.2) is 4.68 Å². The number of nitriles is 1. The fraction of sp³-hybridized carbons (Fsp3) is 0.500. The van der Waals surface area contributed by atoms with Crippen molar-refractivity contribution >= 4 is 0 Å². The Morgan fingerprint density at radius 3 is 2.81 bits per heavy atom. The maximum atomic E-state index is 12.2. The monoisotopic (exact) mass is 285 g/mol. The molecular formula is C14H15N5O2. The molecule has 2 heterocycles. The van der Waals surface area contributed by atoms with Gasteiger partial charge in [0, 0.05) is 5.92 Å². The molecule has 0 bridgehead atoms. The molecule has 1 aliphatic rings. The van der Waals surface area contributed by atoms with Crippen LogP contribution in [0.4, 0.5) is 0 Å². The minimum absolute atomic E-state index is 0.0916. The van der Waals surface area contributed by atoms with Crippen LogP contribution in [-0.2, 0) is 6.54 Å². The third-order valence-electron chi connectivity index (χ3n) is 3.99. The number of nitrogens with zero attached hydrogens (tertiary/aromatic N) is 5. The summed E-state index contributed by atoms with van der Waals surface area (Å²) in [7, 11) is 0. The lowest BCUT2D eigenvalue weighted by Crippen LogP contribution is -2.28. The molecule has 1 fully saturated rings. The summed E-state index contributed by atoms with van der Waals surface area (Å²) in [5.41, 5.74) is 0.939. The van der Waals surface area contributed by atoms with Crippen LogP contribution < -0.4 is 5.56 Å². The van der Waals surface area contributed by atoms with Crippen molar-refractivity contribution in [1.29, 1.82) is 5.26 Å². The third kappa shape index (κ3) is 2.33. The van der Waals surface area contributed by atoms with E-state index < -0.39 is 5.56 Å². The molecule has 7 nitrogen and oxygen atoms in total. The van der Waals surface area contributed by atoms with Crippen molar-refractivity contribution in [3.8, 4) is 6.07 Å². The zero-order chi connectivity index (χ0) is 15.0. The van der Waals surface area contributed by atoms with Gasteiger partial charge in [0.2, 0.25) is 5.89 Å². The lowest BCUT2D eigenvalue weighted by Gasteiger charge is -2.20. The smallest absolute Gasteiger partial charge is 0.285 e. The van der Waals surface area contributed by atoms with Crippen molar-refractivity contribution in [3.63, 3.8) is 0 Å². The van der Waals surface area contributed by atoms with Gasteiger partial charge in [0.05, 0.1) is 5.69 Å². The van der Waals surface area contributed by atoms with E-state index in [0.717, 1.165) is 12.8 Å². The summed E-state index contributed by atoms with van der Waals surface area (Å²) in [6.07, 6.45) is 3.36. The van der Waals surface area contributed by atoms with Gasteiger partial charge in [-0.3, -0.25) is 4.79 Å². The van der Waals surface area contributed by atoms with Gasteiger partial charge in [0.25, 0.3) is 5.56 Å². The predicted molar refractivity (Wildman–Crippen MR) is 72.7 cm³/mol. The molecule has 0 radical (unpaired) electrons. The lowest BCUT2D eigenvalue weighted by atomic mass is 9.85. The Hall–Kier alpha value is -2.49. The standard InChI is InChI=1S/C14H15N5O2/c1-8-9(2)17-19(14(20)11(8)6-15)7-12-16-13(18-21-12)10-4-3-5-10/h10H,3-5,7H2,1-2H3. The van der Waals surface area contributed by atoms with Gasteiger partial charge in [-0.15, -0.1) is 0 Å². The van der Waals surface area contributed by atoms with Crippen LogP contribution in [0.3, 0.4) is 0 Å². The molecule has 1 saturated carbocycles. The van der Waals surface area contributed by atoms with Crippen LogP contribution >= 0.6 is 0 Å². The molecule has 2 aromatic heterocycles. The molecule has 0 amide bonds. The maximum Gasteiger partial charge on any atom is 0.285 e. The van der Waals surface area contributed by atoms with Crippen molar-refractivity contribution in [3.05, 3.63) is 38.9 Å². The van der Waals surface area contributed by atoms with Crippen LogP contribution in [0.25, 0.3) is 0 Å². The first-order valence-electron chi connectivity index (χ1n) is 6.91. The summed E-state index contributed by atoms with van der Waals surface area (Å²) in [5, 5.41) is 17.2. The predicted octanol–water partition coefficient (Wildman–Crippen LogP) is 1.43. The van der Waals surface area contributed by atoms with Gasteiger partial charge >= 0.3 is 0 Å². The number of hydrogen-bond acceptors (Lipinski definition) is 6. The van der Waals surface area contributed by atoms with Crippen LogP contribution in [0.5, 0.6) is 0 Å². The number of aromatic nitrogens is 4. The highest BCUT2D eigenvalue weighted by molar-refractivity contribution is 5.36. The zero-order valence-corrected chi connectivity index (χ0v) is 12.0. The fourth-order valence-electron chi connectivity index (χ4n) is 2.30. The first-order valence-corrected chi connectivity index (χ1v) is 6.91. The van der Waals surface area contributed by atoms with Crippen molar-refractivity contribution in [1.82, 2.24) is 19.9 Å². The molecule has 2 aromatic rings. The second-order valence-corrected chi connectivity index (χ2v) is 5.33. The summed E-state index contributed by atoms with van der Waals surface area (Å²) < 4.78 is 6.39. The van der Waals surface area contributed by atoms with Crippen LogP contribution in [0, 0.1) is 25.2 Å². The van der Waals surface area contributed by atoms with E-state index in [4.69, 9.17) is 9.78 Å². The summed E-state index contributed by atoms with van der Waals surface area (Å²) in [4.78, 5) is 16.5. The number of hydrogen-bond donors (Lipinski definition) is 0. The SMILES string of the molecule is Cc1nn(Cc2nc(C3CCC3)no2)c(=O)c(C#N)c1C. The van der Waals surface area contributed by atoms with Gasteiger partial charge in [0.15, 0.2) is 5.82 Å². The summed E-state index contributed by atoms with van der Waals surface area (Å²) >= 11 is 0. The van der Waals surface area contributed by atoms with Crippen molar-refractivity contribution in [2.75, 3.05) is 0 Å². The van der Waals surface area contributed by atoms with Crippen LogP contribution in [-0.4, -0.2) is 19.9 Å². The summed E-state index contributed by atoms with van der Waals surface area (Å²) in [6.45, 7) is 3.57. The Morgan fingerprint density at radius 2 is 2.19 bits per heavy atom. The second-order valence-electron chi connectivity index (χ2n) is 5.33. The van der Waals surface area contributed by atoms with Crippen molar-refractivity contribution < 1.29 is 4.52 Å². The Balaban J connectivity index is 1.91. The lowest BCUT2D eigenvalue weighted by molar-refractivity contribution is 0.339. The average Bonchev–Trinajstić information content (AvgIpc) is 2.83. The molecule has 0 aliphatic heterocycles. The first-order chi connectivity index (χ1) is 10.1. The molecule has 3 rings (SSSR count). The molecule has 0 N–H and O–H groups in total. The van der Waals surface area contributed by atoms with Crippen LogP contribution in [0.2, 0.25) is 0 Å². The second kappa shape index (κ2) is 5.13. The number of aryl methyl sites for hydroxylation is 1. The first kappa shape index (κ1) is 13.5. The highest BCUT2D eigenvalue weighted by Crippen LogP contribution is 2.34. The topological polar surface area (TPSA) is 97.6 Å². The van der Waals surface area contributed by atoms with Crippen LogP contribution in [0.1, 0.15) is 53.7 Å². The summed E-state index contributed by atoms with van der Waals surface area (Å²) in [6, 6.07) is 1.93. The van der Waals surface area contributed by atoms with Gasteiger partial charge in [-0.2, -0.15) is 15.3 Å². The molecule has 0 atom stereocenters. The molecular weight excluding hydrogens is 270 g/mol. The minimum Gasteiger partial charge on any atom is -0.337 e. The van der Waals surface area contributed by atoms with Crippen LogP contribution in [0.15, 0.2) is 9.32 Å². The molecule has 0 aromatic carbocycles. The Kier molecular flexibility index (Phi) is 3.29. The molecule has 0 saturated heterocycles. The van der Waals surface area contributed by atoms with E-state index in [2.05, 4.69) is 15.2 Å². The quantitative estimate of drug-likeness (QED) is 0.846. The number of rotatable bonds is 3. The van der Waals surface area contributed by atoms with E-state index in [1.54, 1.807) is 13.8 Å². The highest BCUT2D eigenvalue weighted by atomic mass is 16.5. The Morgan fingerprint density at radius 1 is 1.43 bits per heavy atom. The third-order valence-corrected chi connectivity index (χ3v) is 3.99. The largest absolute Gasteiger partial charge is 0.337 e. The van der Waals surface area contributed by atoms with E-state index in [1.165, 1.54) is 11.1 Å². The van der Waals surface area contributed by atoms with Gasteiger partial charge in [-0.1, -0.05) is 11.6 Å². The van der Waals surface area contributed by atoms with Gasteiger partial charge in [-0.05, 0) is 32.3 Å². The maximum absolute atomic E-state index is 12.2. The normalized spacial score (nSPS) is 14.7. The van der Waals surface area contributed by atoms with E-state index >= 15 is 0 Å². The Bertz CT molecular complexity index is 780. The molecule has 7 heteroatoms. The van der Waals surface area contributed by atoms with Crippen molar-refractivity contribution in [2.45, 2.75) is 45.6 Å². The van der Waals surface area contributed by atoms with E-state index in [1.807, 2.05) is 6.07 Å².